The Hall–Kier alpha value is -2.11. The van der Waals surface area contributed by atoms with Crippen LogP contribution in [-0.4, -0.2) is 5.11 Å². The molecule has 0 aliphatic carbocycles. The Kier molecular flexibility index (Phi) is 4.22. The highest BCUT2D eigenvalue weighted by molar-refractivity contribution is 5.64. The molecule has 0 radical (unpaired) electrons. The lowest BCUT2D eigenvalue weighted by molar-refractivity contribution is 0.0492. The van der Waals surface area contributed by atoms with Crippen LogP contribution in [0.15, 0.2) is 48.5 Å². The van der Waals surface area contributed by atoms with E-state index < -0.39 is 5.60 Å². The lowest BCUT2D eigenvalue weighted by Gasteiger charge is -2.22. The number of nitriles is 1. The second-order valence-corrected chi connectivity index (χ2v) is 5.38. The van der Waals surface area contributed by atoms with Crippen LogP contribution in [0.5, 0.6) is 0 Å². The summed E-state index contributed by atoms with van der Waals surface area (Å²) in [5.41, 5.74) is 3.44. The molecule has 0 aliphatic rings. The van der Waals surface area contributed by atoms with E-state index in [1.165, 1.54) is 11.1 Å². The molecular formula is C18H19NO. The number of aliphatic hydroxyl groups is 1. The molecular weight excluding hydrogens is 246 g/mol. The molecule has 0 amide bonds. The molecule has 0 heterocycles. The molecule has 0 fully saturated rings. The van der Waals surface area contributed by atoms with Gasteiger partial charge in [0, 0.05) is 6.42 Å². The van der Waals surface area contributed by atoms with E-state index >= 15 is 0 Å². The Morgan fingerprint density at radius 1 is 1.10 bits per heavy atom. The van der Waals surface area contributed by atoms with Gasteiger partial charge in [-0.25, -0.2) is 0 Å². The van der Waals surface area contributed by atoms with E-state index in [4.69, 9.17) is 5.26 Å². The normalized spacial score (nSPS) is 13.5. The quantitative estimate of drug-likeness (QED) is 0.901. The number of hydrogen-bond acceptors (Lipinski definition) is 2. The van der Waals surface area contributed by atoms with Gasteiger partial charge >= 0.3 is 0 Å². The summed E-state index contributed by atoms with van der Waals surface area (Å²) in [6, 6.07) is 18.3. The van der Waals surface area contributed by atoms with Gasteiger partial charge in [0.25, 0.3) is 0 Å². The molecule has 2 heteroatoms. The molecule has 2 rings (SSSR count). The largest absolute Gasteiger partial charge is 0.385 e. The van der Waals surface area contributed by atoms with Crippen molar-refractivity contribution in [3.8, 4) is 17.2 Å². The van der Waals surface area contributed by atoms with Gasteiger partial charge in [-0.2, -0.15) is 5.26 Å². The molecule has 0 saturated carbocycles. The lowest BCUT2D eigenvalue weighted by Crippen LogP contribution is -2.20. The molecule has 2 nitrogen and oxygen atoms in total. The zero-order valence-corrected chi connectivity index (χ0v) is 11.9. The van der Waals surface area contributed by atoms with Crippen LogP contribution in [0.2, 0.25) is 0 Å². The monoisotopic (exact) mass is 265 g/mol. The van der Waals surface area contributed by atoms with Crippen LogP contribution >= 0.6 is 0 Å². The predicted octanol–water partition coefficient (Wildman–Crippen LogP) is 4.17. The van der Waals surface area contributed by atoms with Crippen molar-refractivity contribution in [3.63, 3.8) is 0 Å². The Bertz CT molecular complexity index is 621. The molecule has 102 valence electrons. The molecule has 1 N–H and O–H groups in total. The molecule has 2 aromatic rings. The van der Waals surface area contributed by atoms with Crippen LogP contribution in [0.4, 0.5) is 0 Å². The van der Waals surface area contributed by atoms with Crippen LogP contribution in [0.25, 0.3) is 11.1 Å². The fourth-order valence-electron chi connectivity index (χ4n) is 2.29. The summed E-state index contributed by atoms with van der Waals surface area (Å²) in [5.74, 6) is 0. The minimum atomic E-state index is -0.944. The summed E-state index contributed by atoms with van der Waals surface area (Å²) in [6.07, 6.45) is 0.805. The molecule has 0 saturated heterocycles. The van der Waals surface area contributed by atoms with Gasteiger partial charge in [-0.05, 0) is 37.0 Å². The fraction of sp³-hybridized carbons (Fsp3) is 0.278. The van der Waals surface area contributed by atoms with Gasteiger partial charge < -0.3 is 5.11 Å². The number of aryl methyl sites for hydroxylation is 1. The average Bonchev–Trinajstić information content (AvgIpc) is 2.45. The van der Waals surface area contributed by atoms with E-state index in [0.717, 1.165) is 11.1 Å². The first-order chi connectivity index (χ1) is 9.53. The summed E-state index contributed by atoms with van der Waals surface area (Å²) in [6.45, 7) is 3.83. The molecule has 1 atom stereocenters. The summed E-state index contributed by atoms with van der Waals surface area (Å²) in [7, 11) is 0. The van der Waals surface area contributed by atoms with Gasteiger partial charge in [0.15, 0.2) is 0 Å². The summed E-state index contributed by atoms with van der Waals surface area (Å²) < 4.78 is 0. The first-order valence-electron chi connectivity index (χ1n) is 6.80. The van der Waals surface area contributed by atoms with Crippen molar-refractivity contribution in [1.82, 2.24) is 0 Å². The summed E-state index contributed by atoms with van der Waals surface area (Å²) in [4.78, 5) is 0. The summed E-state index contributed by atoms with van der Waals surface area (Å²) in [5, 5.41) is 19.0. The Morgan fingerprint density at radius 3 is 2.40 bits per heavy atom. The molecule has 2 aromatic carbocycles. The van der Waals surface area contributed by atoms with Crippen molar-refractivity contribution in [2.24, 2.45) is 0 Å². The maximum Gasteiger partial charge on any atom is 0.0878 e. The van der Waals surface area contributed by atoms with Crippen molar-refractivity contribution in [3.05, 3.63) is 59.7 Å². The molecule has 0 aromatic heterocycles. The second kappa shape index (κ2) is 5.90. The molecule has 0 spiro atoms. The predicted molar refractivity (Wildman–Crippen MR) is 81.0 cm³/mol. The smallest absolute Gasteiger partial charge is 0.0878 e. The Labute approximate surface area is 120 Å². The minimum Gasteiger partial charge on any atom is -0.385 e. The van der Waals surface area contributed by atoms with E-state index in [1.54, 1.807) is 6.92 Å². The number of hydrogen-bond donors (Lipinski definition) is 1. The Morgan fingerprint density at radius 2 is 1.80 bits per heavy atom. The third-order valence-corrected chi connectivity index (χ3v) is 3.58. The first-order valence-corrected chi connectivity index (χ1v) is 6.80. The van der Waals surface area contributed by atoms with Crippen molar-refractivity contribution in [1.29, 1.82) is 5.26 Å². The highest BCUT2D eigenvalue weighted by Gasteiger charge is 2.22. The van der Waals surface area contributed by atoms with E-state index in [0.29, 0.717) is 12.8 Å². The van der Waals surface area contributed by atoms with E-state index in [-0.39, 0.29) is 0 Å². The van der Waals surface area contributed by atoms with E-state index in [9.17, 15) is 5.11 Å². The average molecular weight is 265 g/mol. The fourth-order valence-corrected chi connectivity index (χ4v) is 2.29. The van der Waals surface area contributed by atoms with Crippen molar-refractivity contribution in [2.45, 2.75) is 32.3 Å². The maximum atomic E-state index is 10.4. The van der Waals surface area contributed by atoms with Gasteiger partial charge in [-0.15, -0.1) is 0 Å². The summed E-state index contributed by atoms with van der Waals surface area (Å²) >= 11 is 0. The SMILES string of the molecule is Cc1cccc(-c2ccc(C(C)(O)CCC#N)cc2)c1. The van der Waals surface area contributed by atoms with Crippen LogP contribution in [0.3, 0.4) is 0 Å². The lowest BCUT2D eigenvalue weighted by atomic mass is 9.90. The van der Waals surface area contributed by atoms with Crippen LogP contribution < -0.4 is 0 Å². The Balaban J connectivity index is 2.24. The van der Waals surface area contributed by atoms with E-state index in [1.807, 2.05) is 30.3 Å². The van der Waals surface area contributed by atoms with E-state index in [2.05, 4.69) is 31.2 Å². The van der Waals surface area contributed by atoms with Gasteiger partial charge in [-0.3, -0.25) is 0 Å². The van der Waals surface area contributed by atoms with Gasteiger partial charge in [0.2, 0.25) is 0 Å². The number of nitrogens with zero attached hydrogens (tertiary/aromatic N) is 1. The van der Waals surface area contributed by atoms with Crippen molar-refractivity contribution >= 4 is 0 Å². The maximum absolute atomic E-state index is 10.4. The zero-order chi connectivity index (χ0) is 14.6. The van der Waals surface area contributed by atoms with Crippen LogP contribution in [-0.2, 0) is 5.60 Å². The highest BCUT2D eigenvalue weighted by Crippen LogP contribution is 2.28. The van der Waals surface area contributed by atoms with Gasteiger partial charge in [0.05, 0.1) is 11.7 Å². The molecule has 0 bridgehead atoms. The topological polar surface area (TPSA) is 44.0 Å². The van der Waals surface area contributed by atoms with Crippen molar-refractivity contribution in [2.75, 3.05) is 0 Å². The second-order valence-electron chi connectivity index (χ2n) is 5.38. The van der Waals surface area contributed by atoms with Gasteiger partial charge in [0.1, 0.15) is 0 Å². The third-order valence-electron chi connectivity index (χ3n) is 3.58. The van der Waals surface area contributed by atoms with Gasteiger partial charge in [-0.1, -0.05) is 54.1 Å². The molecule has 0 aliphatic heterocycles. The molecule has 20 heavy (non-hydrogen) atoms. The van der Waals surface area contributed by atoms with Crippen LogP contribution in [0.1, 0.15) is 30.9 Å². The third kappa shape index (κ3) is 3.26. The number of benzene rings is 2. The number of rotatable bonds is 4. The highest BCUT2D eigenvalue weighted by atomic mass is 16.3. The van der Waals surface area contributed by atoms with Crippen molar-refractivity contribution < 1.29 is 5.11 Å². The first kappa shape index (κ1) is 14.3. The van der Waals surface area contributed by atoms with Crippen LogP contribution in [0, 0.1) is 18.3 Å². The minimum absolute atomic E-state index is 0.354. The zero-order valence-electron chi connectivity index (χ0n) is 11.9. The standard InChI is InChI=1S/C18H19NO/c1-14-5-3-6-16(13-14)15-7-9-17(10-8-15)18(2,20)11-4-12-19/h3,5-10,13,20H,4,11H2,1-2H3. The molecule has 1 unspecified atom stereocenters.